The lowest BCUT2D eigenvalue weighted by molar-refractivity contribution is 0.443. The van der Waals surface area contributed by atoms with Gasteiger partial charge in [-0.1, -0.05) is 148 Å². The van der Waals surface area contributed by atoms with Crippen molar-refractivity contribution < 1.29 is 0 Å². The fraction of sp³-hybridized carbons (Fsp3) is 0.228. The molecular formula is C57H54N2. The highest BCUT2D eigenvalue weighted by Crippen LogP contribution is 2.51. The second-order valence-corrected chi connectivity index (χ2v) is 17.6. The standard InChI is InChI=1S/C57H54N2/c1-56(2)54-24-14-13-23-52(54)53-38-37-51(41-55(53)56)59(47-21-11-5-12-22-47)50-35-29-45(30-36-50)57(39-15-6-16-40-57)44-27-33-49(34-28-44)58(46-19-9-4-10-20-46)48-31-25-43(26-32-48)42-17-7-3-8-18-42/h4-6,9-15,19-38,41-42H,3,7-8,16-18,39-40H2,1-2H3. The number of para-hydroxylation sites is 2. The molecule has 0 saturated heterocycles. The van der Waals surface area contributed by atoms with E-state index in [-0.39, 0.29) is 10.8 Å². The molecule has 1 saturated carbocycles. The van der Waals surface area contributed by atoms with Crippen LogP contribution in [0.5, 0.6) is 0 Å². The van der Waals surface area contributed by atoms with Gasteiger partial charge in [-0.15, -0.1) is 0 Å². The Morgan fingerprint density at radius 3 is 1.51 bits per heavy atom. The molecule has 2 heteroatoms. The number of fused-ring (bicyclic) bond motifs is 3. The number of benzene rings is 7. The lowest BCUT2D eigenvalue weighted by atomic mass is 9.67. The summed E-state index contributed by atoms with van der Waals surface area (Å²) in [6.07, 6.45) is 14.6. The minimum Gasteiger partial charge on any atom is -0.311 e. The second kappa shape index (κ2) is 15.6. The quantitative estimate of drug-likeness (QED) is 0.135. The molecule has 7 aromatic rings. The molecule has 0 amide bonds. The molecule has 7 aromatic carbocycles. The average molecular weight is 767 g/mol. The summed E-state index contributed by atoms with van der Waals surface area (Å²) >= 11 is 0. The molecule has 0 spiro atoms. The molecule has 292 valence electrons. The fourth-order valence-electron chi connectivity index (χ4n) is 10.6. The lowest BCUT2D eigenvalue weighted by Gasteiger charge is -2.37. The summed E-state index contributed by atoms with van der Waals surface area (Å²) in [5.41, 5.74) is 16.6. The first-order valence-corrected chi connectivity index (χ1v) is 21.9. The maximum atomic E-state index is 2.43. The normalized spacial score (nSPS) is 18.2. The zero-order chi connectivity index (χ0) is 39.8. The smallest absolute Gasteiger partial charge is 0.0465 e. The first-order valence-electron chi connectivity index (χ1n) is 21.9. The largest absolute Gasteiger partial charge is 0.311 e. The Kier molecular flexibility index (Phi) is 9.81. The third-order valence-electron chi connectivity index (χ3n) is 13.8. The van der Waals surface area contributed by atoms with Crippen LogP contribution in [0.4, 0.5) is 34.1 Å². The van der Waals surface area contributed by atoms with Crippen LogP contribution < -0.4 is 9.80 Å². The summed E-state index contributed by atoms with van der Waals surface area (Å²) in [7, 11) is 0. The van der Waals surface area contributed by atoms with Gasteiger partial charge < -0.3 is 9.80 Å². The van der Waals surface area contributed by atoms with Gasteiger partial charge in [0.15, 0.2) is 0 Å². The van der Waals surface area contributed by atoms with E-state index in [9.17, 15) is 0 Å². The highest BCUT2D eigenvalue weighted by molar-refractivity contribution is 5.85. The van der Waals surface area contributed by atoms with E-state index in [1.807, 2.05) is 0 Å². The first-order chi connectivity index (χ1) is 29.0. The Balaban J connectivity index is 0.987. The summed E-state index contributed by atoms with van der Waals surface area (Å²) in [5, 5.41) is 0. The van der Waals surface area contributed by atoms with Crippen molar-refractivity contribution in [3.8, 4) is 11.1 Å². The molecule has 0 heterocycles. The molecule has 2 nitrogen and oxygen atoms in total. The molecule has 1 unspecified atom stereocenters. The molecule has 3 aliphatic rings. The van der Waals surface area contributed by atoms with Crippen LogP contribution in [0.2, 0.25) is 0 Å². The van der Waals surface area contributed by atoms with E-state index in [1.54, 1.807) is 0 Å². The van der Waals surface area contributed by atoms with Gasteiger partial charge in [0.25, 0.3) is 0 Å². The molecule has 1 fully saturated rings. The van der Waals surface area contributed by atoms with E-state index in [0.29, 0.717) is 5.92 Å². The van der Waals surface area contributed by atoms with Crippen LogP contribution in [-0.4, -0.2) is 0 Å². The zero-order valence-electron chi connectivity index (χ0n) is 34.5. The predicted molar refractivity (Wildman–Crippen MR) is 249 cm³/mol. The lowest BCUT2D eigenvalue weighted by Crippen LogP contribution is -2.29. The highest BCUT2D eigenvalue weighted by Gasteiger charge is 2.37. The van der Waals surface area contributed by atoms with Crippen LogP contribution in [0.25, 0.3) is 11.1 Å². The van der Waals surface area contributed by atoms with Gasteiger partial charge in [0.2, 0.25) is 0 Å². The van der Waals surface area contributed by atoms with Crippen molar-refractivity contribution in [3.63, 3.8) is 0 Å². The Morgan fingerprint density at radius 1 is 0.441 bits per heavy atom. The topological polar surface area (TPSA) is 6.48 Å². The maximum Gasteiger partial charge on any atom is 0.0465 e. The van der Waals surface area contributed by atoms with Gasteiger partial charge in [-0.25, -0.2) is 0 Å². The first kappa shape index (κ1) is 37.2. The van der Waals surface area contributed by atoms with Gasteiger partial charge in [0.1, 0.15) is 0 Å². The van der Waals surface area contributed by atoms with E-state index in [1.165, 1.54) is 93.8 Å². The fourth-order valence-corrected chi connectivity index (χ4v) is 10.6. The minimum atomic E-state index is -0.105. The van der Waals surface area contributed by atoms with Gasteiger partial charge in [0, 0.05) is 45.0 Å². The zero-order valence-corrected chi connectivity index (χ0v) is 34.5. The highest BCUT2D eigenvalue weighted by atomic mass is 15.1. The molecule has 0 aliphatic heterocycles. The van der Waals surface area contributed by atoms with Crippen LogP contribution in [0, 0.1) is 0 Å². The van der Waals surface area contributed by atoms with E-state index in [0.717, 1.165) is 30.6 Å². The van der Waals surface area contributed by atoms with E-state index >= 15 is 0 Å². The maximum absolute atomic E-state index is 2.43. The molecule has 0 aromatic heterocycles. The van der Waals surface area contributed by atoms with Crippen LogP contribution in [0.1, 0.15) is 98.9 Å². The van der Waals surface area contributed by atoms with Crippen molar-refractivity contribution in [2.24, 2.45) is 0 Å². The second-order valence-electron chi connectivity index (χ2n) is 17.6. The van der Waals surface area contributed by atoms with E-state index < -0.39 is 0 Å². The molecule has 0 N–H and O–H groups in total. The molecule has 10 rings (SSSR count). The van der Waals surface area contributed by atoms with Gasteiger partial charge in [-0.3, -0.25) is 0 Å². The number of nitrogens with zero attached hydrogens (tertiary/aromatic N) is 2. The molecule has 59 heavy (non-hydrogen) atoms. The van der Waals surface area contributed by atoms with Crippen LogP contribution >= 0.6 is 0 Å². The van der Waals surface area contributed by atoms with Crippen molar-refractivity contribution in [2.45, 2.75) is 82.0 Å². The summed E-state index contributed by atoms with van der Waals surface area (Å²) < 4.78 is 0. The SMILES string of the molecule is CC1(C)c2ccccc2-c2ccc(N(c3ccccc3)c3ccc(C4(c5ccc(N(c6ccccc6)c6ccc(C7CCCCC7)cc6)cc5)CC=CCC4)cc3)cc21. The molecule has 3 aliphatic carbocycles. The Morgan fingerprint density at radius 2 is 0.932 bits per heavy atom. The van der Waals surface area contributed by atoms with Crippen molar-refractivity contribution in [1.82, 2.24) is 0 Å². The molecular weight excluding hydrogens is 713 g/mol. The van der Waals surface area contributed by atoms with Crippen molar-refractivity contribution >= 4 is 34.1 Å². The summed E-state index contributed by atoms with van der Waals surface area (Å²) in [6, 6.07) is 66.0. The third kappa shape index (κ3) is 6.79. The minimum absolute atomic E-state index is 0.0676. The van der Waals surface area contributed by atoms with E-state index in [4.69, 9.17) is 0 Å². The summed E-state index contributed by atoms with van der Waals surface area (Å²) in [4.78, 5) is 4.83. The van der Waals surface area contributed by atoms with Crippen LogP contribution in [0.3, 0.4) is 0 Å². The average Bonchev–Trinajstić information content (AvgIpc) is 3.53. The molecule has 0 bridgehead atoms. The monoisotopic (exact) mass is 766 g/mol. The Labute approximate surface area is 351 Å². The van der Waals surface area contributed by atoms with Crippen LogP contribution in [-0.2, 0) is 10.8 Å². The van der Waals surface area contributed by atoms with Gasteiger partial charge in [-0.2, -0.15) is 0 Å². The third-order valence-corrected chi connectivity index (χ3v) is 13.8. The van der Waals surface area contributed by atoms with Crippen molar-refractivity contribution in [2.75, 3.05) is 9.80 Å². The number of rotatable bonds is 9. The number of hydrogen-bond donors (Lipinski definition) is 0. The summed E-state index contributed by atoms with van der Waals surface area (Å²) in [5.74, 6) is 0.698. The van der Waals surface area contributed by atoms with Gasteiger partial charge >= 0.3 is 0 Å². The Hall–Kier alpha value is -6.12. The number of allylic oxidation sites excluding steroid dienone is 2. The summed E-state index contributed by atoms with van der Waals surface area (Å²) in [6.45, 7) is 4.73. The van der Waals surface area contributed by atoms with Gasteiger partial charge in [-0.05, 0) is 150 Å². The van der Waals surface area contributed by atoms with Crippen molar-refractivity contribution in [3.05, 3.63) is 216 Å². The Bertz CT molecular complexity index is 2560. The molecule has 0 radical (unpaired) electrons. The number of anilines is 6. The number of hydrogen-bond acceptors (Lipinski definition) is 2. The van der Waals surface area contributed by atoms with Gasteiger partial charge in [0.05, 0.1) is 0 Å². The predicted octanol–water partition coefficient (Wildman–Crippen LogP) is 16.0. The van der Waals surface area contributed by atoms with Crippen LogP contribution in [0.15, 0.2) is 188 Å². The molecule has 1 atom stereocenters. The van der Waals surface area contributed by atoms with Crippen molar-refractivity contribution in [1.29, 1.82) is 0 Å². The van der Waals surface area contributed by atoms with E-state index in [2.05, 4.69) is 212 Å².